The van der Waals surface area contributed by atoms with Gasteiger partial charge in [0.1, 0.15) is 5.75 Å². The van der Waals surface area contributed by atoms with Crippen LogP contribution in [0, 0.1) is 0 Å². The van der Waals surface area contributed by atoms with Crippen molar-refractivity contribution in [2.45, 2.75) is 54.2 Å². The third-order valence-corrected chi connectivity index (χ3v) is 8.62. The molecule has 3 N–H and O–H groups in total. The van der Waals surface area contributed by atoms with Crippen LogP contribution in [0.5, 0.6) is 5.75 Å². The van der Waals surface area contributed by atoms with Crippen LogP contribution in [-0.4, -0.2) is 24.4 Å². The van der Waals surface area contributed by atoms with Gasteiger partial charge in [-0.15, -0.1) is 11.8 Å². The number of rotatable bonds is 7. The van der Waals surface area contributed by atoms with E-state index in [2.05, 4.69) is 11.3 Å². The number of benzene rings is 3. The summed E-state index contributed by atoms with van der Waals surface area (Å²) in [6.45, 7) is 3.47. The second kappa shape index (κ2) is 10.1. The Morgan fingerprint density at radius 3 is 2.27 bits per heavy atom. The number of aromatic hydroxyl groups is 1. The fourth-order valence-electron chi connectivity index (χ4n) is 4.43. The minimum atomic E-state index is -3.83. The first-order valence-electron chi connectivity index (χ1n) is 11.2. The van der Waals surface area contributed by atoms with Crippen LogP contribution >= 0.6 is 11.8 Å². The van der Waals surface area contributed by atoms with E-state index in [0.717, 1.165) is 12.8 Å². The van der Waals surface area contributed by atoms with Crippen molar-refractivity contribution < 1.29 is 18.6 Å². The number of sulfonamides is 1. The Morgan fingerprint density at radius 1 is 1.00 bits per heavy atom. The highest BCUT2D eigenvalue weighted by Gasteiger charge is 2.20. The third kappa shape index (κ3) is 5.47. The summed E-state index contributed by atoms with van der Waals surface area (Å²) < 4.78 is 29.1. The summed E-state index contributed by atoms with van der Waals surface area (Å²) in [6, 6.07) is 15.9. The predicted molar refractivity (Wildman–Crippen MR) is 136 cm³/mol. The van der Waals surface area contributed by atoms with Crippen LogP contribution in [0.2, 0.25) is 0 Å². The van der Waals surface area contributed by atoms with Crippen molar-refractivity contribution in [3.63, 3.8) is 0 Å². The highest BCUT2D eigenvalue weighted by Crippen LogP contribution is 2.41. The van der Waals surface area contributed by atoms with Crippen LogP contribution in [0.1, 0.15) is 50.0 Å². The summed E-state index contributed by atoms with van der Waals surface area (Å²) in [5.41, 5.74) is 1.58. The van der Waals surface area contributed by atoms with Gasteiger partial charge >= 0.3 is 0 Å². The lowest BCUT2D eigenvalue weighted by atomic mass is 9.92. The molecule has 1 aliphatic rings. The zero-order chi connectivity index (χ0) is 23.4. The van der Waals surface area contributed by atoms with E-state index in [9.17, 15) is 18.6 Å². The Bertz CT molecular complexity index is 1250. The first kappa shape index (κ1) is 23.5. The molecule has 0 bridgehead atoms. The number of hydrogen-bond acceptors (Lipinski definition) is 5. The van der Waals surface area contributed by atoms with E-state index < -0.39 is 10.0 Å². The molecule has 0 aliphatic heterocycles. The Morgan fingerprint density at radius 2 is 1.64 bits per heavy atom. The third-order valence-electron chi connectivity index (χ3n) is 6.14. The normalized spacial score (nSPS) is 15.3. The van der Waals surface area contributed by atoms with E-state index in [1.807, 2.05) is 12.1 Å². The standard InChI is InChI=1S/C26H29NO4S2/c1-18(28)17-32-25-16-24(22-10-6-7-11-23(22)26(25)29)27-33(30,31)21-14-12-20(13-15-21)19-8-4-2-3-5-9-19/h6-7,10-16,19,27-29H,1-5,8-9,17H2. The van der Waals surface area contributed by atoms with Gasteiger partial charge in [-0.1, -0.05) is 68.7 Å². The molecule has 3 aromatic carbocycles. The first-order valence-corrected chi connectivity index (χ1v) is 13.7. The quantitative estimate of drug-likeness (QED) is 0.147. The fourth-order valence-corrected chi connectivity index (χ4v) is 6.27. The van der Waals surface area contributed by atoms with E-state index in [0.29, 0.717) is 27.3 Å². The van der Waals surface area contributed by atoms with Crippen LogP contribution in [0.15, 0.2) is 76.7 Å². The number of aliphatic hydroxyl groups excluding tert-OH is 1. The predicted octanol–water partition coefficient (Wildman–Crippen LogP) is 6.95. The molecule has 1 fully saturated rings. The van der Waals surface area contributed by atoms with Gasteiger partial charge in [-0.3, -0.25) is 4.72 Å². The van der Waals surface area contributed by atoms with Crippen LogP contribution in [0.3, 0.4) is 0 Å². The van der Waals surface area contributed by atoms with Gasteiger partial charge in [-0.2, -0.15) is 0 Å². The van der Waals surface area contributed by atoms with Crippen molar-refractivity contribution in [1.82, 2.24) is 0 Å². The number of phenols is 1. The summed E-state index contributed by atoms with van der Waals surface area (Å²) in [4.78, 5) is 0.667. The van der Waals surface area contributed by atoms with Crippen LogP contribution in [0.25, 0.3) is 10.8 Å². The monoisotopic (exact) mass is 483 g/mol. The van der Waals surface area contributed by atoms with Crippen molar-refractivity contribution in [3.8, 4) is 5.75 Å². The Kier molecular flexibility index (Phi) is 7.20. The smallest absolute Gasteiger partial charge is 0.261 e. The average Bonchev–Trinajstić information content (AvgIpc) is 3.10. The molecule has 0 spiro atoms. The molecule has 7 heteroatoms. The lowest BCUT2D eigenvalue weighted by Crippen LogP contribution is -2.13. The fraction of sp³-hybridized carbons (Fsp3) is 0.308. The Balaban J connectivity index is 1.64. The molecule has 1 saturated carbocycles. The zero-order valence-corrected chi connectivity index (χ0v) is 20.1. The van der Waals surface area contributed by atoms with Gasteiger partial charge in [0.2, 0.25) is 0 Å². The lowest BCUT2D eigenvalue weighted by Gasteiger charge is -2.16. The summed E-state index contributed by atoms with van der Waals surface area (Å²) in [5.74, 6) is 0.718. The van der Waals surface area contributed by atoms with Gasteiger partial charge in [0.15, 0.2) is 0 Å². The molecule has 5 nitrogen and oxygen atoms in total. The van der Waals surface area contributed by atoms with E-state index >= 15 is 0 Å². The molecule has 0 amide bonds. The number of fused-ring (bicyclic) bond motifs is 1. The summed E-state index contributed by atoms with van der Waals surface area (Å²) in [5, 5.41) is 21.2. The minimum absolute atomic E-state index is 0.0246. The molecule has 3 aromatic rings. The maximum atomic E-state index is 13.2. The van der Waals surface area contributed by atoms with Gasteiger partial charge in [-0.25, -0.2) is 8.42 Å². The van der Waals surface area contributed by atoms with Crippen LogP contribution in [-0.2, 0) is 10.0 Å². The van der Waals surface area contributed by atoms with Crippen LogP contribution in [0.4, 0.5) is 5.69 Å². The number of hydrogen-bond donors (Lipinski definition) is 3. The highest BCUT2D eigenvalue weighted by atomic mass is 32.2. The molecule has 0 atom stereocenters. The van der Waals surface area contributed by atoms with Crippen LogP contribution < -0.4 is 4.72 Å². The SMILES string of the molecule is C=C(O)CSc1cc(NS(=O)(=O)c2ccc(C3CCCCCC3)cc2)c2ccccc2c1O. The maximum absolute atomic E-state index is 13.2. The number of aliphatic hydroxyl groups is 1. The second-order valence-electron chi connectivity index (χ2n) is 8.53. The molecular weight excluding hydrogens is 454 g/mol. The molecule has 0 saturated heterocycles. The van der Waals surface area contributed by atoms with Crippen molar-refractivity contribution in [2.24, 2.45) is 0 Å². The maximum Gasteiger partial charge on any atom is 0.261 e. The van der Waals surface area contributed by atoms with E-state index in [4.69, 9.17) is 0 Å². The average molecular weight is 484 g/mol. The van der Waals surface area contributed by atoms with E-state index in [-0.39, 0.29) is 22.2 Å². The summed E-state index contributed by atoms with van der Waals surface area (Å²) in [7, 11) is -3.83. The lowest BCUT2D eigenvalue weighted by molar-refractivity contribution is 0.420. The molecule has 4 rings (SSSR count). The number of nitrogens with one attached hydrogen (secondary N) is 1. The summed E-state index contributed by atoms with van der Waals surface area (Å²) >= 11 is 1.19. The molecule has 0 unspecified atom stereocenters. The van der Waals surface area contributed by atoms with Gasteiger partial charge in [-0.05, 0) is 42.5 Å². The number of thioether (sulfide) groups is 1. The van der Waals surface area contributed by atoms with Gasteiger partial charge in [0, 0.05) is 10.8 Å². The number of anilines is 1. The molecule has 0 aromatic heterocycles. The van der Waals surface area contributed by atoms with E-state index in [1.165, 1.54) is 43.0 Å². The van der Waals surface area contributed by atoms with Gasteiger partial charge in [0.25, 0.3) is 10.0 Å². The number of phenolic OH excluding ortho intramolecular Hbond substituents is 1. The highest BCUT2D eigenvalue weighted by molar-refractivity contribution is 7.99. The van der Waals surface area contributed by atoms with Crippen molar-refractivity contribution in [3.05, 3.63) is 72.5 Å². The molecule has 33 heavy (non-hydrogen) atoms. The van der Waals surface area contributed by atoms with Crippen molar-refractivity contribution >= 4 is 38.2 Å². The van der Waals surface area contributed by atoms with Gasteiger partial charge < -0.3 is 10.2 Å². The molecule has 0 radical (unpaired) electrons. The minimum Gasteiger partial charge on any atom is -0.512 e. The summed E-state index contributed by atoms with van der Waals surface area (Å²) in [6.07, 6.45) is 7.32. The molecule has 0 heterocycles. The Hall–Kier alpha value is -2.64. The topological polar surface area (TPSA) is 86.6 Å². The zero-order valence-electron chi connectivity index (χ0n) is 18.5. The Labute approximate surface area is 199 Å². The van der Waals surface area contributed by atoms with Gasteiger partial charge in [0.05, 0.1) is 27.0 Å². The molecule has 1 aliphatic carbocycles. The largest absolute Gasteiger partial charge is 0.512 e. The van der Waals surface area contributed by atoms with Crippen molar-refractivity contribution in [2.75, 3.05) is 10.5 Å². The van der Waals surface area contributed by atoms with E-state index in [1.54, 1.807) is 42.5 Å². The second-order valence-corrected chi connectivity index (χ2v) is 11.2. The first-order chi connectivity index (χ1) is 15.8. The molecular formula is C26H29NO4S2. The molecule has 174 valence electrons. The van der Waals surface area contributed by atoms with Crippen molar-refractivity contribution in [1.29, 1.82) is 0 Å².